The Bertz CT molecular complexity index is 728. The molecule has 2 aromatic carbocycles. The molecule has 0 unspecified atom stereocenters. The molecule has 2 N–H and O–H groups in total. The highest BCUT2D eigenvalue weighted by molar-refractivity contribution is 7.80. The highest BCUT2D eigenvalue weighted by Gasteiger charge is 2.26. The Kier molecular flexibility index (Phi) is 5.60. The van der Waals surface area contributed by atoms with Crippen molar-refractivity contribution in [2.45, 2.75) is 12.8 Å². The van der Waals surface area contributed by atoms with Crippen molar-refractivity contribution in [1.29, 1.82) is 0 Å². The second kappa shape index (κ2) is 8.07. The molecule has 1 amide bonds. The molecule has 0 atom stereocenters. The van der Waals surface area contributed by atoms with E-state index in [9.17, 15) is 9.18 Å². The summed E-state index contributed by atoms with van der Waals surface area (Å²) in [7, 11) is 0. The summed E-state index contributed by atoms with van der Waals surface area (Å²) in [4.78, 5) is 14.4. The zero-order chi connectivity index (χ0) is 17.6. The summed E-state index contributed by atoms with van der Waals surface area (Å²) in [5.74, 6) is -0.227. The van der Waals surface area contributed by atoms with Gasteiger partial charge in [-0.1, -0.05) is 18.2 Å². The Labute approximate surface area is 152 Å². The lowest BCUT2D eigenvalue weighted by Crippen LogP contribution is -2.43. The Balaban J connectivity index is 1.48. The third-order valence-corrected chi connectivity index (χ3v) is 4.65. The number of thiocarbonyl (C=S) groups is 1. The number of hydrogen-bond acceptors (Lipinski definition) is 2. The van der Waals surface area contributed by atoms with E-state index in [0.29, 0.717) is 5.11 Å². The van der Waals surface area contributed by atoms with E-state index in [4.69, 9.17) is 12.2 Å². The first-order valence-electron chi connectivity index (χ1n) is 8.29. The summed E-state index contributed by atoms with van der Waals surface area (Å²) in [5, 5.41) is 6.68. The van der Waals surface area contributed by atoms with Gasteiger partial charge >= 0.3 is 0 Å². The maximum atomic E-state index is 12.9. The first-order chi connectivity index (χ1) is 12.1. The number of rotatable bonds is 3. The van der Waals surface area contributed by atoms with Gasteiger partial charge in [0.05, 0.1) is 0 Å². The van der Waals surface area contributed by atoms with Crippen molar-refractivity contribution >= 4 is 34.6 Å². The van der Waals surface area contributed by atoms with Crippen LogP contribution in [0.3, 0.4) is 0 Å². The fourth-order valence-corrected chi connectivity index (χ4v) is 3.15. The number of carbonyl (C=O) groups excluding carboxylic acids is 1. The van der Waals surface area contributed by atoms with E-state index in [0.717, 1.165) is 37.3 Å². The molecule has 0 spiro atoms. The van der Waals surface area contributed by atoms with Crippen LogP contribution in [0.1, 0.15) is 12.8 Å². The number of piperidine rings is 1. The molecule has 3 rings (SSSR count). The van der Waals surface area contributed by atoms with Crippen molar-refractivity contribution in [3.8, 4) is 0 Å². The third kappa shape index (κ3) is 4.76. The lowest BCUT2D eigenvalue weighted by Gasteiger charge is -2.33. The monoisotopic (exact) mass is 357 g/mol. The van der Waals surface area contributed by atoms with E-state index >= 15 is 0 Å². The van der Waals surface area contributed by atoms with Crippen LogP contribution in [0.4, 0.5) is 15.8 Å². The number of nitrogens with zero attached hydrogens (tertiary/aromatic N) is 1. The van der Waals surface area contributed by atoms with E-state index in [1.807, 2.05) is 35.2 Å². The highest BCUT2D eigenvalue weighted by Crippen LogP contribution is 2.20. The number of carbonyl (C=O) groups is 1. The van der Waals surface area contributed by atoms with Gasteiger partial charge in [0.2, 0.25) is 5.91 Å². The van der Waals surface area contributed by atoms with Gasteiger partial charge < -0.3 is 15.5 Å². The molecule has 25 heavy (non-hydrogen) atoms. The predicted octanol–water partition coefficient (Wildman–Crippen LogP) is 3.87. The summed E-state index contributed by atoms with van der Waals surface area (Å²) in [6.45, 7) is 1.44. The van der Waals surface area contributed by atoms with Gasteiger partial charge in [-0.25, -0.2) is 4.39 Å². The molecule has 1 heterocycles. The van der Waals surface area contributed by atoms with Crippen LogP contribution in [0.15, 0.2) is 54.6 Å². The van der Waals surface area contributed by atoms with Crippen LogP contribution >= 0.6 is 12.2 Å². The van der Waals surface area contributed by atoms with E-state index < -0.39 is 0 Å². The number of para-hydroxylation sites is 1. The summed E-state index contributed by atoms with van der Waals surface area (Å²) in [5.41, 5.74) is 1.58. The SMILES string of the molecule is O=C(Nc1ccccc1)C1CCN(C(=S)Nc2ccc(F)cc2)CC1. The smallest absolute Gasteiger partial charge is 0.227 e. The van der Waals surface area contributed by atoms with Crippen LogP contribution in [0.5, 0.6) is 0 Å². The third-order valence-electron chi connectivity index (χ3n) is 4.29. The number of benzene rings is 2. The molecule has 0 aliphatic carbocycles. The Hall–Kier alpha value is -2.47. The molecular weight excluding hydrogens is 337 g/mol. The number of likely N-dealkylation sites (tertiary alicyclic amines) is 1. The summed E-state index contributed by atoms with van der Waals surface area (Å²) in [6, 6.07) is 15.6. The minimum Gasteiger partial charge on any atom is -0.349 e. The van der Waals surface area contributed by atoms with E-state index in [1.54, 1.807) is 12.1 Å². The van der Waals surface area contributed by atoms with Crippen LogP contribution < -0.4 is 10.6 Å². The average Bonchev–Trinajstić information content (AvgIpc) is 2.64. The molecule has 1 fully saturated rings. The first kappa shape index (κ1) is 17.4. The van der Waals surface area contributed by atoms with Crippen molar-refractivity contribution in [3.05, 3.63) is 60.4 Å². The average molecular weight is 357 g/mol. The Morgan fingerprint density at radius 2 is 1.56 bits per heavy atom. The zero-order valence-corrected chi connectivity index (χ0v) is 14.6. The van der Waals surface area contributed by atoms with Crippen molar-refractivity contribution in [1.82, 2.24) is 4.90 Å². The van der Waals surface area contributed by atoms with E-state index in [-0.39, 0.29) is 17.6 Å². The van der Waals surface area contributed by atoms with E-state index in [1.165, 1.54) is 12.1 Å². The van der Waals surface area contributed by atoms with Gasteiger partial charge in [-0.15, -0.1) is 0 Å². The van der Waals surface area contributed by atoms with Crippen molar-refractivity contribution < 1.29 is 9.18 Å². The van der Waals surface area contributed by atoms with Gasteiger partial charge in [-0.05, 0) is 61.5 Å². The maximum absolute atomic E-state index is 12.9. The molecule has 0 bridgehead atoms. The van der Waals surface area contributed by atoms with Gasteiger partial charge in [0.15, 0.2) is 5.11 Å². The number of nitrogens with one attached hydrogen (secondary N) is 2. The molecule has 130 valence electrons. The quantitative estimate of drug-likeness (QED) is 0.819. The molecule has 1 aliphatic heterocycles. The summed E-state index contributed by atoms with van der Waals surface area (Å²) >= 11 is 5.42. The lowest BCUT2D eigenvalue weighted by molar-refractivity contribution is -0.120. The second-order valence-corrected chi connectivity index (χ2v) is 6.44. The molecule has 2 aromatic rings. The number of hydrogen-bond donors (Lipinski definition) is 2. The number of halogens is 1. The molecule has 0 aromatic heterocycles. The molecule has 1 aliphatic rings. The first-order valence-corrected chi connectivity index (χ1v) is 8.70. The predicted molar refractivity (Wildman–Crippen MR) is 102 cm³/mol. The van der Waals surface area contributed by atoms with Crippen LogP contribution in [0, 0.1) is 11.7 Å². The van der Waals surface area contributed by atoms with Crippen LogP contribution in [-0.2, 0) is 4.79 Å². The van der Waals surface area contributed by atoms with Gasteiger partial charge in [0, 0.05) is 30.4 Å². The summed E-state index contributed by atoms with van der Waals surface area (Å²) < 4.78 is 12.9. The molecule has 4 nitrogen and oxygen atoms in total. The molecule has 0 saturated carbocycles. The maximum Gasteiger partial charge on any atom is 0.227 e. The number of amides is 1. The van der Waals surface area contributed by atoms with Crippen LogP contribution in [-0.4, -0.2) is 29.0 Å². The standard InChI is InChI=1S/C19H20FN3OS/c20-15-6-8-17(9-7-15)22-19(25)23-12-10-14(11-13-23)18(24)21-16-4-2-1-3-5-16/h1-9,14H,10-13H2,(H,21,24)(H,22,25). The molecule has 0 radical (unpaired) electrons. The van der Waals surface area contributed by atoms with Gasteiger partial charge in [0.25, 0.3) is 0 Å². The number of anilines is 2. The van der Waals surface area contributed by atoms with E-state index in [2.05, 4.69) is 10.6 Å². The largest absolute Gasteiger partial charge is 0.349 e. The normalized spacial score (nSPS) is 14.8. The van der Waals surface area contributed by atoms with Crippen LogP contribution in [0.2, 0.25) is 0 Å². The Morgan fingerprint density at radius 1 is 0.960 bits per heavy atom. The van der Waals surface area contributed by atoms with Crippen LogP contribution in [0.25, 0.3) is 0 Å². The van der Waals surface area contributed by atoms with Gasteiger partial charge in [-0.2, -0.15) is 0 Å². The molecule has 6 heteroatoms. The summed E-state index contributed by atoms with van der Waals surface area (Å²) in [6.07, 6.45) is 1.51. The lowest BCUT2D eigenvalue weighted by atomic mass is 9.96. The minimum atomic E-state index is -0.276. The zero-order valence-electron chi connectivity index (χ0n) is 13.7. The fourth-order valence-electron chi connectivity index (χ4n) is 2.85. The highest BCUT2D eigenvalue weighted by atomic mass is 32.1. The van der Waals surface area contributed by atoms with Gasteiger partial charge in [0.1, 0.15) is 5.82 Å². The topological polar surface area (TPSA) is 44.4 Å². The molecule has 1 saturated heterocycles. The second-order valence-electron chi connectivity index (χ2n) is 6.05. The van der Waals surface area contributed by atoms with Crippen molar-refractivity contribution in [2.24, 2.45) is 5.92 Å². The van der Waals surface area contributed by atoms with Gasteiger partial charge in [-0.3, -0.25) is 4.79 Å². The fraction of sp³-hybridized carbons (Fsp3) is 0.263. The Morgan fingerprint density at radius 3 is 2.20 bits per heavy atom. The minimum absolute atomic E-state index is 0.00919. The van der Waals surface area contributed by atoms with Crippen molar-refractivity contribution in [2.75, 3.05) is 23.7 Å². The molecular formula is C19H20FN3OS. The van der Waals surface area contributed by atoms with Crippen molar-refractivity contribution in [3.63, 3.8) is 0 Å².